The Bertz CT molecular complexity index is 906. The molecule has 3 fully saturated rings. The lowest BCUT2D eigenvalue weighted by Gasteiger charge is -2.23. The Labute approximate surface area is 184 Å². The predicted molar refractivity (Wildman–Crippen MR) is 112 cm³/mol. The minimum Gasteiger partial charge on any atom is -0.370 e. The number of halogens is 3. The number of hydrogen-bond acceptors (Lipinski definition) is 4. The molecule has 10 heteroatoms. The van der Waals surface area contributed by atoms with Gasteiger partial charge in [-0.2, -0.15) is 13.2 Å². The first kappa shape index (κ1) is 22.4. The van der Waals surface area contributed by atoms with Gasteiger partial charge in [-0.05, 0) is 50.3 Å². The maximum absolute atomic E-state index is 13.2. The SMILES string of the molecule is O=C(CCCN1C(=O)NC2(CCCC2)C1=O)Nc1cc(C(F)(F)F)ccc1N1CCCC1. The van der Waals surface area contributed by atoms with Gasteiger partial charge in [0.15, 0.2) is 0 Å². The van der Waals surface area contributed by atoms with Crippen LogP contribution in [0.15, 0.2) is 18.2 Å². The molecule has 0 bridgehead atoms. The molecule has 32 heavy (non-hydrogen) atoms. The van der Waals surface area contributed by atoms with Gasteiger partial charge >= 0.3 is 12.2 Å². The van der Waals surface area contributed by atoms with E-state index in [1.165, 1.54) is 6.07 Å². The van der Waals surface area contributed by atoms with Crippen LogP contribution in [-0.2, 0) is 15.8 Å². The zero-order valence-electron chi connectivity index (χ0n) is 17.8. The van der Waals surface area contributed by atoms with E-state index in [1.54, 1.807) is 0 Å². The minimum atomic E-state index is -4.51. The third kappa shape index (κ3) is 4.40. The van der Waals surface area contributed by atoms with Crippen molar-refractivity contribution in [1.82, 2.24) is 10.2 Å². The second-order valence-electron chi connectivity index (χ2n) is 8.75. The number of amides is 4. The molecular weight excluding hydrogens is 425 g/mol. The van der Waals surface area contributed by atoms with Gasteiger partial charge in [-0.3, -0.25) is 14.5 Å². The van der Waals surface area contributed by atoms with Crippen LogP contribution >= 0.6 is 0 Å². The molecule has 0 unspecified atom stereocenters. The summed E-state index contributed by atoms with van der Waals surface area (Å²) in [5.41, 5.74) is -0.910. The van der Waals surface area contributed by atoms with Crippen LogP contribution in [0.25, 0.3) is 0 Å². The van der Waals surface area contributed by atoms with E-state index < -0.39 is 29.2 Å². The number of rotatable bonds is 6. The fraction of sp³-hybridized carbons (Fsp3) is 0.591. The third-order valence-corrected chi connectivity index (χ3v) is 6.53. The summed E-state index contributed by atoms with van der Waals surface area (Å²) in [5.74, 6) is -0.693. The molecule has 174 valence electrons. The van der Waals surface area contributed by atoms with Gasteiger partial charge in [0.05, 0.1) is 16.9 Å². The van der Waals surface area contributed by atoms with Crippen LogP contribution in [0.4, 0.5) is 29.3 Å². The van der Waals surface area contributed by atoms with Gasteiger partial charge in [0.2, 0.25) is 5.91 Å². The van der Waals surface area contributed by atoms with Crippen molar-refractivity contribution in [3.63, 3.8) is 0 Å². The molecule has 0 atom stereocenters. The summed E-state index contributed by atoms with van der Waals surface area (Å²) in [5, 5.41) is 5.40. The topological polar surface area (TPSA) is 81.8 Å². The van der Waals surface area contributed by atoms with Crippen molar-refractivity contribution in [3.05, 3.63) is 23.8 Å². The fourth-order valence-electron chi connectivity index (χ4n) is 4.85. The molecule has 2 N–H and O–H groups in total. The summed E-state index contributed by atoms with van der Waals surface area (Å²) < 4.78 is 39.6. The van der Waals surface area contributed by atoms with E-state index in [1.807, 2.05) is 4.90 Å². The summed E-state index contributed by atoms with van der Waals surface area (Å²) in [7, 11) is 0. The lowest BCUT2D eigenvalue weighted by molar-refractivity contribution is -0.137. The van der Waals surface area contributed by atoms with Gasteiger partial charge in [-0.15, -0.1) is 0 Å². The van der Waals surface area contributed by atoms with Gasteiger partial charge in [0.25, 0.3) is 5.91 Å². The Morgan fingerprint density at radius 3 is 2.44 bits per heavy atom. The Hall–Kier alpha value is -2.78. The molecule has 1 spiro atoms. The molecule has 1 aromatic carbocycles. The highest BCUT2D eigenvalue weighted by Gasteiger charge is 2.52. The van der Waals surface area contributed by atoms with Crippen molar-refractivity contribution in [3.8, 4) is 0 Å². The summed E-state index contributed by atoms with van der Waals surface area (Å²) >= 11 is 0. The van der Waals surface area contributed by atoms with E-state index in [0.717, 1.165) is 55.8 Å². The highest BCUT2D eigenvalue weighted by molar-refractivity contribution is 6.07. The monoisotopic (exact) mass is 452 g/mol. The quantitative estimate of drug-likeness (QED) is 0.642. The number of carbonyl (C=O) groups is 3. The molecule has 4 rings (SSSR count). The Balaban J connectivity index is 1.38. The number of nitrogens with zero attached hydrogens (tertiary/aromatic N) is 2. The van der Waals surface area contributed by atoms with Crippen LogP contribution in [0, 0.1) is 0 Å². The molecule has 1 aliphatic carbocycles. The van der Waals surface area contributed by atoms with Gasteiger partial charge in [0.1, 0.15) is 5.54 Å². The Kier molecular flexibility index (Phi) is 6.05. The summed E-state index contributed by atoms with van der Waals surface area (Å²) in [6.45, 7) is 1.55. The average molecular weight is 452 g/mol. The summed E-state index contributed by atoms with van der Waals surface area (Å²) in [6.07, 6.45) is 0.634. The molecule has 1 aromatic rings. The van der Waals surface area contributed by atoms with Crippen molar-refractivity contribution in [1.29, 1.82) is 0 Å². The number of alkyl halides is 3. The highest BCUT2D eigenvalue weighted by atomic mass is 19.4. The number of imide groups is 1. The number of hydrogen-bond donors (Lipinski definition) is 2. The normalized spacial score (nSPS) is 20.3. The highest BCUT2D eigenvalue weighted by Crippen LogP contribution is 2.37. The Morgan fingerprint density at radius 2 is 1.78 bits per heavy atom. The van der Waals surface area contributed by atoms with Crippen LogP contribution in [0.5, 0.6) is 0 Å². The molecule has 1 saturated carbocycles. The van der Waals surface area contributed by atoms with Gasteiger partial charge in [-0.1, -0.05) is 12.8 Å². The van der Waals surface area contributed by atoms with E-state index in [-0.39, 0.29) is 31.0 Å². The molecule has 2 aliphatic heterocycles. The largest absolute Gasteiger partial charge is 0.416 e. The first-order chi connectivity index (χ1) is 15.2. The second kappa shape index (κ2) is 8.63. The molecule has 2 heterocycles. The maximum Gasteiger partial charge on any atom is 0.416 e. The number of urea groups is 1. The van der Waals surface area contributed by atoms with Crippen LogP contribution in [0.2, 0.25) is 0 Å². The first-order valence-corrected chi connectivity index (χ1v) is 11.1. The van der Waals surface area contributed by atoms with Crippen LogP contribution in [0.3, 0.4) is 0 Å². The molecule has 2 saturated heterocycles. The van der Waals surface area contributed by atoms with Crippen molar-refractivity contribution in [2.75, 3.05) is 29.9 Å². The predicted octanol–water partition coefficient (Wildman–Crippen LogP) is 3.89. The standard InChI is InChI=1S/C22H27F3N4O3/c23-22(24,25)15-7-8-17(28-11-3-4-12-28)16(14-15)26-18(30)6-5-13-29-19(31)21(27-20(29)32)9-1-2-10-21/h7-8,14H,1-6,9-13H2,(H,26,30)(H,27,32). The Morgan fingerprint density at radius 1 is 1.09 bits per heavy atom. The van der Waals surface area contributed by atoms with E-state index >= 15 is 0 Å². The first-order valence-electron chi connectivity index (χ1n) is 11.1. The number of benzene rings is 1. The van der Waals surface area contributed by atoms with Crippen LogP contribution in [-0.4, -0.2) is 47.9 Å². The van der Waals surface area contributed by atoms with Gasteiger partial charge in [0, 0.05) is 26.1 Å². The molecule has 7 nitrogen and oxygen atoms in total. The van der Waals surface area contributed by atoms with E-state index in [9.17, 15) is 27.6 Å². The maximum atomic E-state index is 13.2. The van der Waals surface area contributed by atoms with Crippen LogP contribution in [0.1, 0.15) is 56.9 Å². The van der Waals surface area contributed by atoms with Gasteiger partial charge < -0.3 is 15.5 Å². The molecule has 0 aromatic heterocycles. The third-order valence-electron chi connectivity index (χ3n) is 6.53. The number of carbonyl (C=O) groups excluding carboxylic acids is 3. The fourth-order valence-corrected chi connectivity index (χ4v) is 4.85. The lowest BCUT2D eigenvalue weighted by atomic mass is 9.98. The van der Waals surface area contributed by atoms with E-state index in [2.05, 4.69) is 10.6 Å². The zero-order chi connectivity index (χ0) is 22.9. The van der Waals surface area contributed by atoms with Crippen molar-refractivity contribution in [2.24, 2.45) is 0 Å². The van der Waals surface area contributed by atoms with E-state index in [4.69, 9.17) is 0 Å². The van der Waals surface area contributed by atoms with E-state index in [0.29, 0.717) is 18.5 Å². The summed E-state index contributed by atoms with van der Waals surface area (Å²) in [6, 6.07) is 2.96. The zero-order valence-corrected chi connectivity index (χ0v) is 17.8. The number of anilines is 2. The molecule has 0 radical (unpaired) electrons. The van der Waals surface area contributed by atoms with Crippen molar-refractivity contribution >= 4 is 29.2 Å². The summed E-state index contributed by atoms with van der Waals surface area (Å²) in [4.78, 5) is 40.5. The van der Waals surface area contributed by atoms with Crippen molar-refractivity contribution < 1.29 is 27.6 Å². The average Bonchev–Trinajstić information content (AvgIpc) is 3.46. The smallest absolute Gasteiger partial charge is 0.370 e. The molecule has 3 aliphatic rings. The minimum absolute atomic E-state index is 0.0141. The molecular formula is C22H27F3N4O3. The van der Waals surface area contributed by atoms with Crippen molar-refractivity contribution in [2.45, 2.75) is 63.1 Å². The van der Waals surface area contributed by atoms with Crippen LogP contribution < -0.4 is 15.5 Å². The number of nitrogens with one attached hydrogen (secondary N) is 2. The van der Waals surface area contributed by atoms with Gasteiger partial charge in [-0.25, -0.2) is 4.79 Å². The lowest BCUT2D eigenvalue weighted by Crippen LogP contribution is -2.44. The molecule has 4 amide bonds. The second-order valence-corrected chi connectivity index (χ2v) is 8.75.